The maximum absolute atomic E-state index is 12.7. The first-order chi connectivity index (χ1) is 12.0. The highest BCUT2D eigenvalue weighted by Crippen LogP contribution is 2.32. The quantitative estimate of drug-likeness (QED) is 0.794. The first kappa shape index (κ1) is 17.7. The number of rotatable bonds is 6. The lowest BCUT2D eigenvalue weighted by Gasteiger charge is -2.16. The van der Waals surface area contributed by atoms with Gasteiger partial charge in [0.25, 0.3) is 0 Å². The van der Waals surface area contributed by atoms with Crippen LogP contribution in [0.15, 0.2) is 40.6 Å². The van der Waals surface area contributed by atoms with Crippen LogP contribution in [0.2, 0.25) is 0 Å². The molecule has 1 unspecified atom stereocenters. The van der Waals surface area contributed by atoms with Gasteiger partial charge in [-0.05, 0) is 23.6 Å². The van der Waals surface area contributed by atoms with Crippen molar-refractivity contribution in [1.82, 2.24) is 4.72 Å². The Morgan fingerprint density at radius 2 is 2.00 bits per heavy atom. The molecule has 0 spiro atoms. The third-order valence-electron chi connectivity index (χ3n) is 3.59. The van der Waals surface area contributed by atoms with Crippen LogP contribution in [0.5, 0.6) is 11.5 Å². The lowest BCUT2D eigenvalue weighted by atomic mass is 10.2. The van der Waals surface area contributed by atoms with Gasteiger partial charge < -0.3 is 14.6 Å². The molecule has 0 radical (unpaired) electrons. The molecule has 0 saturated carbocycles. The van der Waals surface area contributed by atoms with Crippen molar-refractivity contribution < 1.29 is 27.8 Å². The molecule has 0 aliphatic carbocycles. The van der Waals surface area contributed by atoms with Crippen molar-refractivity contribution >= 4 is 27.3 Å². The molecule has 0 saturated heterocycles. The van der Waals surface area contributed by atoms with Crippen LogP contribution in [0.25, 0.3) is 0 Å². The molecule has 2 heterocycles. The van der Waals surface area contributed by atoms with Gasteiger partial charge in [-0.25, -0.2) is 13.1 Å². The number of thiophene rings is 1. The third kappa shape index (κ3) is 4.30. The fourth-order valence-electron chi connectivity index (χ4n) is 2.43. The highest BCUT2D eigenvalue weighted by molar-refractivity contribution is 7.89. The van der Waals surface area contributed by atoms with E-state index in [1.807, 2.05) is 0 Å². The van der Waals surface area contributed by atoms with Crippen molar-refractivity contribution in [3.63, 3.8) is 0 Å². The molecule has 134 valence electrons. The average Bonchev–Trinajstić information content (AvgIpc) is 2.99. The molecule has 3 rings (SSSR count). The molecular weight excluding hydrogens is 366 g/mol. The van der Waals surface area contributed by atoms with Gasteiger partial charge in [-0.1, -0.05) is 6.07 Å². The van der Waals surface area contributed by atoms with Crippen molar-refractivity contribution in [2.24, 2.45) is 0 Å². The van der Waals surface area contributed by atoms with Crippen molar-refractivity contribution in [2.75, 3.05) is 13.2 Å². The van der Waals surface area contributed by atoms with E-state index in [9.17, 15) is 13.2 Å². The summed E-state index contributed by atoms with van der Waals surface area (Å²) >= 11 is 1.30. The average molecular weight is 383 g/mol. The van der Waals surface area contributed by atoms with E-state index in [2.05, 4.69) is 4.72 Å². The summed E-state index contributed by atoms with van der Waals surface area (Å²) in [5, 5.41) is 10.8. The SMILES string of the molecule is O=C(O)CC(NS(=O)(=O)c1ccc2c(c1)OCCCO2)c1cccs1. The summed E-state index contributed by atoms with van der Waals surface area (Å²) in [6.45, 7) is 0.956. The van der Waals surface area contributed by atoms with E-state index in [1.54, 1.807) is 23.6 Å². The second kappa shape index (κ2) is 7.42. The molecule has 1 aliphatic rings. The minimum atomic E-state index is -3.92. The number of ether oxygens (including phenoxy) is 2. The van der Waals surface area contributed by atoms with E-state index < -0.39 is 22.0 Å². The number of hydrogen-bond donors (Lipinski definition) is 2. The lowest BCUT2D eigenvalue weighted by Crippen LogP contribution is -2.29. The molecule has 7 nitrogen and oxygen atoms in total. The Bertz CT molecular complexity index is 848. The van der Waals surface area contributed by atoms with Crippen LogP contribution in [0.1, 0.15) is 23.8 Å². The highest BCUT2D eigenvalue weighted by Gasteiger charge is 2.25. The van der Waals surface area contributed by atoms with Crippen LogP contribution in [0.3, 0.4) is 0 Å². The molecule has 9 heteroatoms. The van der Waals surface area contributed by atoms with Crippen LogP contribution >= 0.6 is 11.3 Å². The van der Waals surface area contributed by atoms with Crippen molar-refractivity contribution in [3.8, 4) is 11.5 Å². The molecular formula is C16H17NO6S2. The summed E-state index contributed by atoms with van der Waals surface area (Å²) in [5.74, 6) is -0.220. The first-order valence-electron chi connectivity index (χ1n) is 7.63. The Hall–Kier alpha value is -2.10. The topological polar surface area (TPSA) is 102 Å². The predicted molar refractivity (Wildman–Crippen MR) is 91.7 cm³/mol. The van der Waals surface area contributed by atoms with Crippen molar-refractivity contribution in [3.05, 3.63) is 40.6 Å². The molecule has 25 heavy (non-hydrogen) atoms. The molecule has 1 aliphatic heterocycles. The number of carboxylic acids is 1. The van der Waals surface area contributed by atoms with Crippen molar-refractivity contribution in [1.29, 1.82) is 0 Å². The number of aliphatic carboxylic acids is 1. The largest absolute Gasteiger partial charge is 0.490 e. The Balaban J connectivity index is 1.87. The number of benzene rings is 1. The minimum absolute atomic E-state index is 0.00342. The summed E-state index contributed by atoms with van der Waals surface area (Å²) in [7, 11) is -3.92. The molecule has 1 aromatic carbocycles. The van der Waals surface area contributed by atoms with Gasteiger partial charge in [0.2, 0.25) is 10.0 Å². The Labute approximate surface area is 149 Å². The summed E-state index contributed by atoms with van der Waals surface area (Å²) < 4.78 is 38.9. The molecule has 0 bridgehead atoms. The van der Waals surface area contributed by atoms with E-state index in [4.69, 9.17) is 14.6 Å². The van der Waals surface area contributed by atoms with E-state index in [0.717, 1.165) is 0 Å². The molecule has 1 aromatic heterocycles. The molecule has 2 aromatic rings. The van der Waals surface area contributed by atoms with E-state index in [-0.39, 0.29) is 11.3 Å². The van der Waals surface area contributed by atoms with E-state index in [1.165, 1.54) is 23.5 Å². The van der Waals surface area contributed by atoms with Gasteiger partial charge >= 0.3 is 5.97 Å². The summed E-state index contributed by atoms with van der Waals surface area (Å²) in [4.78, 5) is 11.7. The Kier molecular flexibility index (Phi) is 5.26. The fourth-order valence-corrected chi connectivity index (χ4v) is 4.51. The second-order valence-electron chi connectivity index (χ2n) is 5.45. The molecule has 1 atom stereocenters. The van der Waals surface area contributed by atoms with Gasteiger partial charge in [-0.3, -0.25) is 4.79 Å². The number of nitrogens with one attached hydrogen (secondary N) is 1. The molecule has 0 fully saturated rings. The monoisotopic (exact) mass is 383 g/mol. The third-order valence-corrected chi connectivity index (χ3v) is 6.05. The first-order valence-corrected chi connectivity index (χ1v) is 9.99. The fraction of sp³-hybridized carbons (Fsp3) is 0.312. The zero-order valence-electron chi connectivity index (χ0n) is 13.2. The van der Waals surface area contributed by atoms with Gasteiger partial charge in [-0.2, -0.15) is 0 Å². The molecule has 2 N–H and O–H groups in total. The normalized spacial score (nSPS) is 15.4. The number of sulfonamides is 1. The maximum Gasteiger partial charge on any atom is 0.305 e. The zero-order chi connectivity index (χ0) is 17.9. The van der Waals surface area contributed by atoms with Gasteiger partial charge in [0.15, 0.2) is 11.5 Å². The van der Waals surface area contributed by atoms with Crippen LogP contribution in [0, 0.1) is 0 Å². The van der Waals surface area contributed by atoms with Crippen molar-refractivity contribution in [2.45, 2.75) is 23.8 Å². The van der Waals surface area contributed by atoms with Crippen LogP contribution < -0.4 is 14.2 Å². The van der Waals surface area contributed by atoms with Gasteiger partial charge in [0.05, 0.1) is 30.6 Å². The number of carboxylic acid groups (broad SMARTS) is 1. The van der Waals surface area contributed by atoms with Crippen LogP contribution in [-0.2, 0) is 14.8 Å². The zero-order valence-corrected chi connectivity index (χ0v) is 14.8. The Morgan fingerprint density at radius 3 is 2.68 bits per heavy atom. The standard InChI is InChI=1S/C16H17NO6S2/c18-16(19)10-12(15-3-1-8-24-15)17-25(20,21)11-4-5-13-14(9-11)23-7-2-6-22-13/h1,3-5,8-9,12,17H,2,6-7,10H2,(H,18,19). The smallest absolute Gasteiger partial charge is 0.305 e. The van der Waals surface area contributed by atoms with Crippen LogP contribution in [-0.4, -0.2) is 32.7 Å². The Morgan fingerprint density at radius 1 is 1.24 bits per heavy atom. The van der Waals surface area contributed by atoms with Gasteiger partial charge in [-0.15, -0.1) is 11.3 Å². The highest BCUT2D eigenvalue weighted by atomic mass is 32.2. The lowest BCUT2D eigenvalue weighted by molar-refractivity contribution is -0.137. The van der Waals surface area contributed by atoms with E-state index in [0.29, 0.717) is 36.0 Å². The summed E-state index contributed by atoms with van der Waals surface area (Å²) in [5.41, 5.74) is 0. The number of carbonyl (C=O) groups is 1. The van der Waals surface area contributed by atoms with E-state index >= 15 is 0 Å². The number of fused-ring (bicyclic) bond motifs is 1. The van der Waals surface area contributed by atoms with Gasteiger partial charge in [0.1, 0.15) is 0 Å². The van der Waals surface area contributed by atoms with Gasteiger partial charge in [0, 0.05) is 17.4 Å². The van der Waals surface area contributed by atoms with Crippen LogP contribution in [0.4, 0.5) is 0 Å². The summed E-state index contributed by atoms with van der Waals surface area (Å²) in [6, 6.07) is 6.98. The second-order valence-corrected chi connectivity index (χ2v) is 8.14. The predicted octanol–water partition coefficient (Wildman–Crippen LogP) is 2.40. The number of hydrogen-bond acceptors (Lipinski definition) is 6. The minimum Gasteiger partial charge on any atom is -0.490 e. The molecule has 0 amide bonds. The maximum atomic E-state index is 12.7. The summed E-state index contributed by atoms with van der Waals surface area (Å²) in [6.07, 6.45) is 0.373.